The van der Waals surface area contributed by atoms with Gasteiger partial charge in [-0.3, -0.25) is 4.79 Å². The monoisotopic (exact) mass is 261 g/mol. The zero-order chi connectivity index (χ0) is 13.1. The van der Waals surface area contributed by atoms with Gasteiger partial charge in [-0.25, -0.2) is 0 Å². The first-order valence-electron chi connectivity index (χ1n) is 6.50. The van der Waals surface area contributed by atoms with Crippen LogP contribution in [0, 0.1) is 18.3 Å². The van der Waals surface area contributed by atoms with E-state index in [1.54, 1.807) is 11.3 Å². The summed E-state index contributed by atoms with van der Waals surface area (Å²) in [6, 6.07) is 1.86. The lowest BCUT2D eigenvalue weighted by molar-refractivity contribution is 0.0942. The molecule has 0 fully saturated rings. The summed E-state index contributed by atoms with van der Waals surface area (Å²) in [5.74, 6) is 2.87. The van der Waals surface area contributed by atoms with Crippen molar-refractivity contribution in [2.24, 2.45) is 5.92 Å². The molecule has 18 heavy (non-hydrogen) atoms. The van der Waals surface area contributed by atoms with Crippen molar-refractivity contribution in [3.8, 4) is 12.3 Å². The highest BCUT2D eigenvalue weighted by Crippen LogP contribution is 2.29. The predicted octanol–water partition coefficient (Wildman–Crippen LogP) is 3.01. The zero-order valence-electron chi connectivity index (χ0n) is 11.0. The third-order valence-corrected chi connectivity index (χ3v) is 4.59. The van der Waals surface area contributed by atoms with Crippen molar-refractivity contribution >= 4 is 17.2 Å². The summed E-state index contributed by atoms with van der Waals surface area (Å²) >= 11 is 1.63. The Morgan fingerprint density at radius 1 is 1.44 bits per heavy atom. The van der Waals surface area contributed by atoms with E-state index in [-0.39, 0.29) is 17.9 Å². The molecule has 2 nitrogen and oxygen atoms in total. The van der Waals surface area contributed by atoms with Gasteiger partial charge >= 0.3 is 0 Å². The molecule has 0 spiro atoms. The van der Waals surface area contributed by atoms with Crippen LogP contribution in [0.25, 0.3) is 0 Å². The van der Waals surface area contributed by atoms with Crippen LogP contribution in [0.3, 0.4) is 0 Å². The molecule has 0 saturated heterocycles. The minimum atomic E-state index is -0.184. The Labute approximate surface area is 113 Å². The van der Waals surface area contributed by atoms with Gasteiger partial charge in [0.1, 0.15) is 0 Å². The van der Waals surface area contributed by atoms with Crippen LogP contribution in [-0.2, 0) is 12.8 Å². The van der Waals surface area contributed by atoms with E-state index in [0.717, 1.165) is 17.7 Å². The molecule has 96 valence electrons. The molecule has 0 saturated carbocycles. The summed E-state index contributed by atoms with van der Waals surface area (Å²) in [5, 5.41) is 2.93. The fourth-order valence-electron chi connectivity index (χ4n) is 2.22. The Morgan fingerprint density at radius 3 is 2.78 bits per heavy atom. The molecule has 1 aliphatic carbocycles. The van der Waals surface area contributed by atoms with Crippen LogP contribution in [0.2, 0.25) is 0 Å². The van der Waals surface area contributed by atoms with Crippen molar-refractivity contribution in [1.29, 1.82) is 0 Å². The number of carbonyl (C=O) groups is 1. The van der Waals surface area contributed by atoms with Crippen LogP contribution >= 0.6 is 11.3 Å². The molecule has 1 unspecified atom stereocenters. The van der Waals surface area contributed by atoms with Gasteiger partial charge in [0, 0.05) is 4.88 Å². The van der Waals surface area contributed by atoms with E-state index in [0.29, 0.717) is 0 Å². The molecule has 3 heteroatoms. The summed E-state index contributed by atoms with van der Waals surface area (Å²) < 4.78 is 0. The Morgan fingerprint density at radius 2 is 2.17 bits per heavy atom. The summed E-state index contributed by atoms with van der Waals surface area (Å²) in [7, 11) is 0. The number of nitrogens with one attached hydrogen (secondary N) is 1. The predicted molar refractivity (Wildman–Crippen MR) is 75.9 cm³/mol. The van der Waals surface area contributed by atoms with Crippen molar-refractivity contribution in [3.05, 3.63) is 21.4 Å². The van der Waals surface area contributed by atoms with Crippen molar-refractivity contribution < 1.29 is 4.79 Å². The molecule has 1 aromatic heterocycles. The highest BCUT2D eigenvalue weighted by molar-refractivity contribution is 7.14. The van der Waals surface area contributed by atoms with E-state index in [2.05, 4.69) is 11.2 Å². The summed E-state index contributed by atoms with van der Waals surface area (Å²) in [6.07, 6.45) is 10.2. The van der Waals surface area contributed by atoms with Gasteiger partial charge in [0.2, 0.25) is 0 Å². The first-order chi connectivity index (χ1) is 8.61. The number of amides is 1. The molecular formula is C15H19NOS. The van der Waals surface area contributed by atoms with E-state index in [9.17, 15) is 4.79 Å². The van der Waals surface area contributed by atoms with E-state index in [1.165, 1.54) is 23.3 Å². The molecular weight excluding hydrogens is 242 g/mol. The Balaban J connectivity index is 2.10. The maximum Gasteiger partial charge on any atom is 0.262 e. The minimum absolute atomic E-state index is 0.0222. The first-order valence-corrected chi connectivity index (χ1v) is 7.32. The minimum Gasteiger partial charge on any atom is -0.337 e. The highest BCUT2D eigenvalue weighted by atomic mass is 32.1. The standard InChI is InChI=1S/C15H19NOS/c1-4-12(10(2)3)16-15(17)14-9-11-7-5-6-8-13(11)18-14/h1,9-10,12H,5-8H2,2-3H3,(H,16,17). The number of terminal acetylenes is 1. The third-order valence-electron chi connectivity index (χ3n) is 3.35. The van der Waals surface area contributed by atoms with Gasteiger partial charge in [-0.05, 0) is 43.2 Å². The van der Waals surface area contributed by atoms with Crippen LogP contribution in [-0.4, -0.2) is 11.9 Å². The van der Waals surface area contributed by atoms with Gasteiger partial charge in [0.25, 0.3) is 5.91 Å². The second kappa shape index (κ2) is 5.58. The zero-order valence-corrected chi connectivity index (χ0v) is 11.8. The number of carbonyl (C=O) groups excluding carboxylic acids is 1. The maximum absolute atomic E-state index is 12.1. The number of hydrogen-bond acceptors (Lipinski definition) is 2. The number of hydrogen-bond donors (Lipinski definition) is 1. The topological polar surface area (TPSA) is 29.1 Å². The van der Waals surface area contributed by atoms with Gasteiger partial charge in [-0.2, -0.15) is 0 Å². The van der Waals surface area contributed by atoms with Crippen molar-refractivity contribution in [3.63, 3.8) is 0 Å². The van der Waals surface area contributed by atoms with Crippen LogP contribution < -0.4 is 5.32 Å². The normalized spacial score (nSPS) is 15.9. The van der Waals surface area contributed by atoms with Gasteiger partial charge < -0.3 is 5.32 Å². The molecule has 1 N–H and O–H groups in total. The Bertz CT molecular complexity index is 458. The quantitative estimate of drug-likeness (QED) is 0.833. The lowest BCUT2D eigenvalue weighted by atomic mass is 9.99. The van der Waals surface area contributed by atoms with E-state index in [1.807, 2.05) is 19.9 Å². The first kappa shape index (κ1) is 13.2. The van der Waals surface area contributed by atoms with Gasteiger partial charge in [0.05, 0.1) is 10.9 Å². The average molecular weight is 261 g/mol. The fourth-order valence-corrected chi connectivity index (χ4v) is 3.37. The molecule has 1 aliphatic rings. The number of fused-ring (bicyclic) bond motifs is 1. The lowest BCUT2D eigenvalue weighted by Gasteiger charge is -2.15. The Hall–Kier alpha value is -1.27. The van der Waals surface area contributed by atoms with E-state index < -0.39 is 0 Å². The summed E-state index contributed by atoms with van der Waals surface area (Å²) in [5.41, 5.74) is 1.36. The van der Waals surface area contributed by atoms with Gasteiger partial charge in [0.15, 0.2) is 0 Å². The SMILES string of the molecule is C#CC(NC(=O)c1cc2c(s1)CCCC2)C(C)C. The molecule has 1 atom stereocenters. The number of aryl methyl sites for hydroxylation is 2. The van der Waals surface area contributed by atoms with Gasteiger partial charge in [-0.15, -0.1) is 17.8 Å². The molecule has 1 amide bonds. The van der Waals surface area contributed by atoms with Crippen molar-refractivity contribution in [2.75, 3.05) is 0 Å². The van der Waals surface area contributed by atoms with E-state index >= 15 is 0 Å². The second-order valence-electron chi connectivity index (χ2n) is 5.13. The highest BCUT2D eigenvalue weighted by Gasteiger charge is 2.19. The average Bonchev–Trinajstić information content (AvgIpc) is 2.79. The molecule has 0 bridgehead atoms. The van der Waals surface area contributed by atoms with Crippen LogP contribution in [0.5, 0.6) is 0 Å². The lowest BCUT2D eigenvalue weighted by Crippen LogP contribution is -2.36. The molecule has 0 aromatic carbocycles. The molecule has 1 heterocycles. The van der Waals surface area contributed by atoms with Gasteiger partial charge in [-0.1, -0.05) is 19.8 Å². The van der Waals surface area contributed by atoms with Crippen molar-refractivity contribution in [2.45, 2.75) is 45.6 Å². The fraction of sp³-hybridized carbons (Fsp3) is 0.533. The number of thiophene rings is 1. The Kier molecular flexibility index (Phi) is 4.08. The molecule has 0 radical (unpaired) electrons. The molecule has 2 rings (SSSR count). The second-order valence-corrected chi connectivity index (χ2v) is 6.26. The smallest absolute Gasteiger partial charge is 0.262 e. The summed E-state index contributed by atoms with van der Waals surface area (Å²) in [6.45, 7) is 4.04. The van der Waals surface area contributed by atoms with Crippen molar-refractivity contribution in [1.82, 2.24) is 5.32 Å². The van der Waals surface area contributed by atoms with E-state index in [4.69, 9.17) is 6.42 Å². The van der Waals surface area contributed by atoms with Crippen LogP contribution in [0.1, 0.15) is 46.8 Å². The van der Waals surface area contributed by atoms with Crippen LogP contribution in [0.15, 0.2) is 6.07 Å². The number of rotatable bonds is 3. The largest absolute Gasteiger partial charge is 0.337 e. The summed E-state index contributed by atoms with van der Waals surface area (Å²) in [4.78, 5) is 14.3. The molecule has 0 aliphatic heterocycles. The molecule has 1 aromatic rings. The maximum atomic E-state index is 12.1. The third kappa shape index (κ3) is 2.76. The van der Waals surface area contributed by atoms with Crippen LogP contribution in [0.4, 0.5) is 0 Å².